The first kappa shape index (κ1) is 28.9. The number of aryl methyl sites for hydroxylation is 1. The Morgan fingerprint density at radius 3 is 2.39 bits per heavy atom. The lowest BCUT2D eigenvalue weighted by atomic mass is 9.96. The second-order valence-corrected chi connectivity index (χ2v) is 10.8. The number of aliphatic carboxylic acids is 1. The van der Waals surface area contributed by atoms with Crippen molar-refractivity contribution < 1.29 is 29.0 Å². The highest BCUT2D eigenvalue weighted by atomic mass is 16.6. The first-order valence-corrected chi connectivity index (χ1v) is 12.9. The van der Waals surface area contributed by atoms with Crippen LogP contribution in [-0.2, 0) is 16.1 Å². The predicted octanol–water partition coefficient (Wildman–Crippen LogP) is 4.41. The van der Waals surface area contributed by atoms with Gasteiger partial charge in [-0.25, -0.2) is 14.8 Å². The van der Waals surface area contributed by atoms with Gasteiger partial charge in [0.15, 0.2) is 0 Å². The molecule has 38 heavy (non-hydrogen) atoms. The number of ether oxygens (including phenoxy) is 2. The Labute approximate surface area is 224 Å². The molecule has 0 spiro atoms. The van der Waals surface area contributed by atoms with E-state index in [1.54, 1.807) is 17.9 Å². The Bertz CT molecular complexity index is 1150. The summed E-state index contributed by atoms with van der Waals surface area (Å²) in [5.74, 6) is -0.315. The summed E-state index contributed by atoms with van der Waals surface area (Å²) in [5, 5.41) is 9.49. The monoisotopic (exact) mass is 526 g/mol. The highest BCUT2D eigenvalue weighted by Gasteiger charge is 2.30. The van der Waals surface area contributed by atoms with Crippen LogP contribution in [-0.4, -0.2) is 74.2 Å². The molecule has 10 heteroatoms. The molecule has 0 radical (unpaired) electrons. The quantitative estimate of drug-likeness (QED) is 0.537. The van der Waals surface area contributed by atoms with Gasteiger partial charge < -0.3 is 24.4 Å². The Morgan fingerprint density at radius 2 is 1.82 bits per heavy atom. The highest BCUT2D eigenvalue weighted by Crippen LogP contribution is 2.28. The fourth-order valence-electron chi connectivity index (χ4n) is 4.28. The van der Waals surface area contributed by atoms with Crippen LogP contribution in [0.5, 0.6) is 5.75 Å². The van der Waals surface area contributed by atoms with Crippen molar-refractivity contribution in [1.82, 2.24) is 19.8 Å². The van der Waals surface area contributed by atoms with Gasteiger partial charge in [0, 0.05) is 30.8 Å². The molecule has 0 atom stereocenters. The molecule has 10 nitrogen and oxygen atoms in total. The number of rotatable bonds is 8. The van der Waals surface area contributed by atoms with E-state index in [9.17, 15) is 19.5 Å². The van der Waals surface area contributed by atoms with Crippen molar-refractivity contribution in [3.8, 4) is 5.75 Å². The molecule has 1 aromatic heterocycles. The normalized spacial score (nSPS) is 14.3. The van der Waals surface area contributed by atoms with E-state index in [0.717, 1.165) is 0 Å². The second kappa shape index (κ2) is 12.2. The van der Waals surface area contributed by atoms with Crippen LogP contribution in [0.15, 0.2) is 30.5 Å². The second-order valence-electron chi connectivity index (χ2n) is 10.8. The summed E-state index contributed by atoms with van der Waals surface area (Å²) < 4.78 is 11.3. The third-order valence-electron chi connectivity index (χ3n) is 6.05. The van der Waals surface area contributed by atoms with Gasteiger partial charge in [-0.2, -0.15) is 0 Å². The molecule has 2 aromatic rings. The number of hydrogen-bond acceptors (Lipinski definition) is 7. The molecule has 2 amide bonds. The Morgan fingerprint density at radius 1 is 1.16 bits per heavy atom. The van der Waals surface area contributed by atoms with Gasteiger partial charge in [-0.15, -0.1) is 0 Å². The smallest absolute Gasteiger partial charge is 0.410 e. The zero-order valence-electron chi connectivity index (χ0n) is 23.1. The third kappa shape index (κ3) is 7.90. The molecular weight excluding hydrogens is 488 g/mol. The van der Waals surface area contributed by atoms with Gasteiger partial charge >= 0.3 is 12.1 Å². The van der Waals surface area contributed by atoms with Crippen LogP contribution in [0.3, 0.4) is 0 Å². The number of carboxylic acid groups (broad SMARTS) is 1. The van der Waals surface area contributed by atoms with Gasteiger partial charge in [-0.05, 0) is 60.5 Å². The Kier molecular flexibility index (Phi) is 9.30. The summed E-state index contributed by atoms with van der Waals surface area (Å²) in [6, 6.07) is 7.27. The third-order valence-corrected chi connectivity index (χ3v) is 6.05. The summed E-state index contributed by atoms with van der Waals surface area (Å²) in [6.07, 6.45) is 2.45. The first-order chi connectivity index (χ1) is 17.8. The van der Waals surface area contributed by atoms with E-state index in [4.69, 9.17) is 9.47 Å². The fourth-order valence-corrected chi connectivity index (χ4v) is 4.28. The minimum atomic E-state index is -1.12. The number of carboxylic acids is 1. The molecule has 0 aliphatic carbocycles. The average Bonchev–Trinajstić information content (AvgIpc) is 2.83. The number of likely N-dealkylation sites (tertiary alicyclic amines) is 1. The van der Waals surface area contributed by atoms with Crippen LogP contribution in [0.1, 0.15) is 80.8 Å². The van der Waals surface area contributed by atoms with Crippen molar-refractivity contribution in [1.29, 1.82) is 0 Å². The molecule has 1 saturated heterocycles. The van der Waals surface area contributed by atoms with Crippen LogP contribution in [0.2, 0.25) is 0 Å². The molecule has 1 fully saturated rings. The van der Waals surface area contributed by atoms with E-state index in [-0.39, 0.29) is 30.2 Å². The van der Waals surface area contributed by atoms with Gasteiger partial charge in [0.05, 0.1) is 23.9 Å². The SMILES string of the molecule is Cc1nc(C2CCN(C(=O)OC(C)(C)C)CC2)ncc1C(=O)N(CC(=O)O)Cc1ccccc1OC(C)C. The van der Waals surface area contributed by atoms with E-state index >= 15 is 0 Å². The summed E-state index contributed by atoms with van der Waals surface area (Å²) in [6.45, 7) is 11.7. The van der Waals surface area contributed by atoms with Gasteiger partial charge in [0.2, 0.25) is 0 Å². The van der Waals surface area contributed by atoms with E-state index in [1.807, 2.05) is 52.8 Å². The van der Waals surface area contributed by atoms with Crippen molar-refractivity contribution in [2.24, 2.45) is 0 Å². The topological polar surface area (TPSA) is 122 Å². The molecule has 1 aliphatic rings. The van der Waals surface area contributed by atoms with Crippen LogP contribution in [0.4, 0.5) is 4.79 Å². The number of benzene rings is 1. The highest BCUT2D eigenvalue weighted by molar-refractivity contribution is 5.96. The number of carbonyl (C=O) groups is 3. The number of amides is 2. The number of carbonyl (C=O) groups excluding carboxylic acids is 2. The number of hydrogen-bond donors (Lipinski definition) is 1. The molecule has 2 heterocycles. The Balaban J connectivity index is 1.73. The number of para-hydroxylation sites is 1. The maximum Gasteiger partial charge on any atom is 0.410 e. The first-order valence-electron chi connectivity index (χ1n) is 12.9. The Hall–Kier alpha value is -3.69. The lowest BCUT2D eigenvalue weighted by Crippen LogP contribution is -2.41. The lowest BCUT2D eigenvalue weighted by Gasteiger charge is -2.33. The average molecular weight is 527 g/mol. The molecule has 0 unspecified atom stereocenters. The minimum Gasteiger partial charge on any atom is -0.491 e. The molecule has 1 aromatic carbocycles. The van der Waals surface area contributed by atoms with Crippen LogP contribution in [0, 0.1) is 6.92 Å². The lowest BCUT2D eigenvalue weighted by molar-refractivity contribution is -0.137. The van der Waals surface area contributed by atoms with Crippen LogP contribution >= 0.6 is 0 Å². The van der Waals surface area contributed by atoms with E-state index < -0.39 is 24.0 Å². The zero-order chi connectivity index (χ0) is 28.0. The van der Waals surface area contributed by atoms with E-state index in [2.05, 4.69) is 9.97 Å². The molecule has 1 N–H and O–H groups in total. The molecule has 206 valence electrons. The summed E-state index contributed by atoms with van der Waals surface area (Å²) in [4.78, 5) is 49.4. The van der Waals surface area contributed by atoms with Crippen molar-refractivity contribution in [2.45, 2.75) is 78.6 Å². The van der Waals surface area contributed by atoms with Crippen molar-refractivity contribution >= 4 is 18.0 Å². The summed E-state index contributed by atoms with van der Waals surface area (Å²) >= 11 is 0. The van der Waals surface area contributed by atoms with Crippen molar-refractivity contribution in [2.75, 3.05) is 19.6 Å². The maximum atomic E-state index is 13.4. The minimum absolute atomic E-state index is 0.0479. The molecule has 0 bridgehead atoms. The molecule has 0 saturated carbocycles. The van der Waals surface area contributed by atoms with E-state index in [0.29, 0.717) is 48.8 Å². The van der Waals surface area contributed by atoms with Gasteiger partial charge in [-0.1, -0.05) is 18.2 Å². The maximum absolute atomic E-state index is 13.4. The van der Waals surface area contributed by atoms with Crippen molar-refractivity contribution in [3.63, 3.8) is 0 Å². The predicted molar refractivity (Wildman–Crippen MR) is 141 cm³/mol. The standard InChI is InChI=1S/C28H38N4O6/c1-18(2)37-23-10-8-7-9-21(23)16-32(17-24(33)34)26(35)22-15-29-25(30-19(22)3)20-11-13-31(14-12-20)27(36)38-28(4,5)6/h7-10,15,18,20H,11-14,16-17H2,1-6H3,(H,33,34). The summed E-state index contributed by atoms with van der Waals surface area (Å²) in [7, 11) is 0. The number of aromatic nitrogens is 2. The van der Waals surface area contributed by atoms with Gasteiger partial charge in [0.1, 0.15) is 23.7 Å². The van der Waals surface area contributed by atoms with Crippen molar-refractivity contribution in [3.05, 3.63) is 53.1 Å². The van der Waals surface area contributed by atoms with Crippen LogP contribution < -0.4 is 4.74 Å². The van der Waals surface area contributed by atoms with Gasteiger partial charge in [0.25, 0.3) is 5.91 Å². The van der Waals surface area contributed by atoms with Gasteiger partial charge in [-0.3, -0.25) is 9.59 Å². The summed E-state index contributed by atoms with van der Waals surface area (Å²) in [5.41, 5.74) is 0.900. The molecular formula is C28H38N4O6. The number of piperidine rings is 1. The number of nitrogens with zero attached hydrogens (tertiary/aromatic N) is 4. The largest absolute Gasteiger partial charge is 0.491 e. The fraction of sp³-hybridized carbons (Fsp3) is 0.536. The molecule has 1 aliphatic heterocycles. The van der Waals surface area contributed by atoms with E-state index in [1.165, 1.54) is 11.1 Å². The zero-order valence-corrected chi connectivity index (χ0v) is 23.1. The molecule has 3 rings (SSSR count). The van der Waals surface area contributed by atoms with Crippen LogP contribution in [0.25, 0.3) is 0 Å².